The molecule has 1 aromatic heterocycles. The van der Waals surface area contributed by atoms with Crippen LogP contribution in [0.25, 0.3) is 0 Å². The lowest BCUT2D eigenvalue weighted by Gasteiger charge is -2.16. The highest BCUT2D eigenvalue weighted by Crippen LogP contribution is 2.20. The van der Waals surface area contributed by atoms with E-state index in [1.807, 2.05) is 0 Å². The number of hydrogen-bond acceptors (Lipinski definition) is 3. The zero-order valence-corrected chi connectivity index (χ0v) is 9.67. The monoisotopic (exact) mass is 228 g/mol. The molecule has 82 valence electrons. The molecule has 4 nitrogen and oxygen atoms in total. The number of halogens is 1. The highest BCUT2D eigenvalue weighted by molar-refractivity contribution is 6.32. The fourth-order valence-electron chi connectivity index (χ4n) is 1.10. The molecule has 0 saturated heterocycles. The Balaban J connectivity index is 2.97. The number of carboxylic acid groups (broad SMARTS) is 1. The molecule has 1 heterocycles. The van der Waals surface area contributed by atoms with E-state index in [9.17, 15) is 4.79 Å². The van der Waals surface area contributed by atoms with Crippen LogP contribution in [0.2, 0.25) is 5.15 Å². The molecule has 1 N–H and O–H groups in total. The fourth-order valence-corrected chi connectivity index (χ4v) is 1.32. The minimum atomic E-state index is -1.11. The highest BCUT2D eigenvalue weighted by Gasteiger charge is 2.16. The van der Waals surface area contributed by atoms with Crippen molar-refractivity contribution >= 4 is 17.6 Å². The quantitative estimate of drug-likeness (QED) is 0.790. The second kappa shape index (κ2) is 4.14. The van der Waals surface area contributed by atoms with Crippen molar-refractivity contribution in [2.24, 2.45) is 5.41 Å². The number of carboxylic acids is 1. The van der Waals surface area contributed by atoms with Crippen LogP contribution in [0.15, 0.2) is 6.20 Å². The summed E-state index contributed by atoms with van der Waals surface area (Å²) in [5, 5.41) is 8.72. The van der Waals surface area contributed by atoms with Gasteiger partial charge in [-0.3, -0.25) is 0 Å². The summed E-state index contributed by atoms with van der Waals surface area (Å²) in [5.41, 5.74) is -0.0111. The molecule has 0 radical (unpaired) electrons. The molecule has 0 amide bonds. The third kappa shape index (κ3) is 3.47. The van der Waals surface area contributed by atoms with Crippen molar-refractivity contribution < 1.29 is 9.90 Å². The van der Waals surface area contributed by atoms with E-state index in [0.29, 0.717) is 12.2 Å². The van der Waals surface area contributed by atoms with E-state index in [1.54, 1.807) is 0 Å². The molecule has 0 saturated carbocycles. The van der Waals surface area contributed by atoms with Gasteiger partial charge in [-0.25, -0.2) is 14.8 Å². The van der Waals surface area contributed by atoms with Crippen LogP contribution in [0.4, 0.5) is 0 Å². The maximum atomic E-state index is 10.7. The maximum absolute atomic E-state index is 10.7. The normalized spacial score (nSPS) is 11.5. The van der Waals surface area contributed by atoms with E-state index in [2.05, 4.69) is 30.7 Å². The van der Waals surface area contributed by atoms with E-state index in [1.165, 1.54) is 6.20 Å². The van der Waals surface area contributed by atoms with Gasteiger partial charge in [-0.2, -0.15) is 0 Å². The van der Waals surface area contributed by atoms with Gasteiger partial charge in [0, 0.05) is 12.6 Å². The van der Waals surface area contributed by atoms with Gasteiger partial charge in [-0.15, -0.1) is 0 Å². The third-order valence-corrected chi connectivity index (χ3v) is 2.00. The molecule has 5 heteroatoms. The van der Waals surface area contributed by atoms with E-state index in [-0.39, 0.29) is 16.1 Å². The summed E-state index contributed by atoms with van der Waals surface area (Å²) >= 11 is 5.72. The molecule has 0 atom stereocenters. The molecule has 0 bridgehead atoms. The van der Waals surface area contributed by atoms with Crippen LogP contribution >= 0.6 is 11.6 Å². The predicted molar refractivity (Wildman–Crippen MR) is 57.2 cm³/mol. The van der Waals surface area contributed by atoms with Crippen LogP contribution in [0.3, 0.4) is 0 Å². The molecule has 0 unspecified atom stereocenters. The second-order valence-electron chi connectivity index (χ2n) is 4.53. The third-order valence-electron chi connectivity index (χ3n) is 1.71. The molecule has 0 aromatic carbocycles. The average molecular weight is 229 g/mol. The molecule has 1 aromatic rings. The number of carbonyl (C=O) groups is 1. The lowest BCUT2D eigenvalue weighted by Crippen LogP contribution is -2.13. The zero-order valence-electron chi connectivity index (χ0n) is 8.91. The Kier molecular flexibility index (Phi) is 3.29. The molecule has 0 aliphatic heterocycles. The molecule has 1 rings (SSSR count). The molecule has 0 aliphatic rings. The van der Waals surface area contributed by atoms with Crippen LogP contribution in [-0.2, 0) is 6.42 Å². The summed E-state index contributed by atoms with van der Waals surface area (Å²) in [6.07, 6.45) is 1.91. The highest BCUT2D eigenvalue weighted by atomic mass is 35.5. The summed E-state index contributed by atoms with van der Waals surface area (Å²) in [7, 11) is 0. The average Bonchev–Trinajstić information content (AvgIpc) is 1.99. The van der Waals surface area contributed by atoms with Crippen LogP contribution in [0.1, 0.15) is 37.0 Å². The second-order valence-corrected chi connectivity index (χ2v) is 4.89. The Morgan fingerprint density at radius 1 is 1.53 bits per heavy atom. The Hall–Kier alpha value is -1.16. The number of aromatic carboxylic acids is 1. The Morgan fingerprint density at radius 3 is 2.53 bits per heavy atom. The van der Waals surface area contributed by atoms with Crippen molar-refractivity contribution in [3.05, 3.63) is 22.7 Å². The zero-order chi connectivity index (χ0) is 11.6. The van der Waals surface area contributed by atoms with E-state index in [4.69, 9.17) is 16.7 Å². The van der Waals surface area contributed by atoms with Gasteiger partial charge in [0.15, 0.2) is 0 Å². The first-order chi connectivity index (χ1) is 6.79. The van der Waals surface area contributed by atoms with Crippen LogP contribution in [-0.4, -0.2) is 21.0 Å². The Bertz CT molecular complexity index is 385. The molecule has 0 spiro atoms. The smallest absolute Gasteiger partial charge is 0.340 e. The summed E-state index contributed by atoms with van der Waals surface area (Å²) in [5.74, 6) is -0.542. The van der Waals surface area contributed by atoms with Gasteiger partial charge < -0.3 is 5.11 Å². The van der Waals surface area contributed by atoms with Gasteiger partial charge in [-0.05, 0) is 5.41 Å². The summed E-state index contributed by atoms with van der Waals surface area (Å²) in [4.78, 5) is 18.6. The van der Waals surface area contributed by atoms with Crippen molar-refractivity contribution in [1.29, 1.82) is 0 Å². The largest absolute Gasteiger partial charge is 0.478 e. The van der Waals surface area contributed by atoms with Crippen molar-refractivity contribution in [3.63, 3.8) is 0 Å². The van der Waals surface area contributed by atoms with Crippen molar-refractivity contribution in [2.45, 2.75) is 27.2 Å². The van der Waals surface area contributed by atoms with E-state index in [0.717, 1.165) is 0 Å². The van der Waals surface area contributed by atoms with Crippen molar-refractivity contribution in [2.75, 3.05) is 0 Å². The lowest BCUT2D eigenvalue weighted by atomic mass is 9.92. The first-order valence-corrected chi connectivity index (χ1v) is 4.92. The summed E-state index contributed by atoms with van der Waals surface area (Å²) in [6.45, 7) is 6.15. The van der Waals surface area contributed by atoms with E-state index >= 15 is 0 Å². The molecule has 15 heavy (non-hydrogen) atoms. The van der Waals surface area contributed by atoms with Gasteiger partial charge >= 0.3 is 5.97 Å². The first kappa shape index (κ1) is 11.9. The number of nitrogens with zero attached hydrogens (tertiary/aromatic N) is 2. The predicted octanol–water partition coefficient (Wildman–Crippen LogP) is 2.42. The van der Waals surface area contributed by atoms with Gasteiger partial charge in [0.2, 0.25) is 0 Å². The van der Waals surface area contributed by atoms with Crippen molar-refractivity contribution in [3.8, 4) is 0 Å². The molecular formula is C10H13ClN2O2. The minimum absolute atomic E-state index is 0.00301. The van der Waals surface area contributed by atoms with Gasteiger partial charge in [0.25, 0.3) is 0 Å². The van der Waals surface area contributed by atoms with Crippen LogP contribution in [0.5, 0.6) is 0 Å². The Labute approximate surface area is 93.3 Å². The topological polar surface area (TPSA) is 63.1 Å². The number of rotatable bonds is 2. The fraction of sp³-hybridized carbons (Fsp3) is 0.500. The first-order valence-electron chi connectivity index (χ1n) is 4.54. The standard InChI is InChI=1S/C10H13ClN2O2/c1-10(2,3)4-7-12-5-6(9(14)15)8(11)13-7/h5H,4H2,1-3H3,(H,14,15). The maximum Gasteiger partial charge on any atom is 0.340 e. The van der Waals surface area contributed by atoms with Gasteiger partial charge in [0.05, 0.1) is 0 Å². The SMILES string of the molecule is CC(C)(C)Cc1ncc(C(=O)O)c(Cl)n1. The van der Waals surface area contributed by atoms with Crippen LogP contribution in [0, 0.1) is 5.41 Å². The van der Waals surface area contributed by atoms with Crippen molar-refractivity contribution in [1.82, 2.24) is 9.97 Å². The van der Waals surface area contributed by atoms with Gasteiger partial charge in [-0.1, -0.05) is 32.4 Å². The molecule has 0 fully saturated rings. The molecular weight excluding hydrogens is 216 g/mol. The Morgan fingerprint density at radius 2 is 2.13 bits per heavy atom. The minimum Gasteiger partial charge on any atom is -0.478 e. The van der Waals surface area contributed by atoms with E-state index < -0.39 is 5.97 Å². The number of hydrogen-bond donors (Lipinski definition) is 1. The lowest BCUT2D eigenvalue weighted by molar-refractivity contribution is 0.0696. The summed E-state index contributed by atoms with van der Waals surface area (Å²) in [6, 6.07) is 0. The van der Waals surface area contributed by atoms with Gasteiger partial charge in [0.1, 0.15) is 16.5 Å². The number of aromatic nitrogens is 2. The summed E-state index contributed by atoms with van der Waals surface area (Å²) < 4.78 is 0. The van der Waals surface area contributed by atoms with Crippen LogP contribution < -0.4 is 0 Å². The molecule has 0 aliphatic carbocycles.